The van der Waals surface area contributed by atoms with E-state index in [1.807, 2.05) is 6.07 Å². The van der Waals surface area contributed by atoms with Crippen molar-refractivity contribution in [1.29, 1.82) is 0 Å². The van der Waals surface area contributed by atoms with E-state index in [1.54, 1.807) is 31.4 Å². The van der Waals surface area contributed by atoms with Gasteiger partial charge in [-0.2, -0.15) is 0 Å². The zero-order chi connectivity index (χ0) is 18.4. The fraction of sp³-hybridized carbons (Fsp3) is 0.381. The van der Waals surface area contributed by atoms with Gasteiger partial charge in [-0.15, -0.1) is 0 Å². The minimum Gasteiger partial charge on any atom is -0.497 e. The number of amides is 1. The lowest BCUT2D eigenvalue weighted by molar-refractivity contribution is -0.118. The molecule has 0 spiro atoms. The summed E-state index contributed by atoms with van der Waals surface area (Å²) in [6, 6.07) is 13.4. The van der Waals surface area contributed by atoms with Gasteiger partial charge in [0.05, 0.1) is 7.11 Å². The van der Waals surface area contributed by atoms with Crippen molar-refractivity contribution in [3.8, 4) is 11.5 Å². The monoisotopic (exact) mass is 341 g/mol. The first-order chi connectivity index (χ1) is 11.9. The second kappa shape index (κ2) is 8.56. The second-order valence-corrected chi connectivity index (χ2v) is 6.67. The molecular weight excluding hydrogens is 314 g/mol. The van der Waals surface area contributed by atoms with Crippen LogP contribution in [0, 0.1) is 0 Å². The molecule has 0 bridgehead atoms. The zero-order valence-corrected chi connectivity index (χ0v) is 15.6. The third-order valence-electron chi connectivity index (χ3n) is 4.07. The van der Waals surface area contributed by atoms with Crippen molar-refractivity contribution >= 4 is 11.6 Å². The number of benzene rings is 2. The van der Waals surface area contributed by atoms with Gasteiger partial charge in [-0.1, -0.05) is 39.8 Å². The van der Waals surface area contributed by atoms with Gasteiger partial charge in [-0.3, -0.25) is 4.79 Å². The maximum atomic E-state index is 12.2. The van der Waals surface area contributed by atoms with Crippen LogP contribution >= 0.6 is 0 Å². The van der Waals surface area contributed by atoms with Gasteiger partial charge in [0, 0.05) is 5.69 Å². The van der Waals surface area contributed by atoms with Gasteiger partial charge < -0.3 is 14.8 Å². The van der Waals surface area contributed by atoms with Crippen LogP contribution in [0.1, 0.15) is 50.7 Å². The molecule has 2 rings (SSSR count). The summed E-state index contributed by atoms with van der Waals surface area (Å²) in [5, 5.41) is 2.96. The highest BCUT2D eigenvalue weighted by atomic mass is 16.5. The first-order valence-electron chi connectivity index (χ1n) is 8.61. The Hall–Kier alpha value is -2.49. The Morgan fingerprint density at radius 3 is 2.16 bits per heavy atom. The van der Waals surface area contributed by atoms with Crippen LogP contribution in [0.15, 0.2) is 42.5 Å². The molecular formula is C21H27NO3. The van der Waals surface area contributed by atoms with E-state index in [-0.39, 0.29) is 12.5 Å². The Bertz CT molecular complexity index is 706. The molecule has 4 heteroatoms. The Morgan fingerprint density at radius 2 is 1.60 bits per heavy atom. The maximum absolute atomic E-state index is 12.2. The Balaban J connectivity index is 2.01. The first-order valence-corrected chi connectivity index (χ1v) is 8.61. The summed E-state index contributed by atoms with van der Waals surface area (Å²) in [6.07, 6.45) is 0. The molecule has 1 N–H and O–H groups in total. The van der Waals surface area contributed by atoms with Crippen LogP contribution in [0.5, 0.6) is 11.5 Å². The largest absolute Gasteiger partial charge is 0.497 e. The van der Waals surface area contributed by atoms with E-state index in [4.69, 9.17) is 9.47 Å². The van der Waals surface area contributed by atoms with E-state index in [1.165, 1.54) is 5.56 Å². The molecule has 0 aliphatic carbocycles. The SMILES string of the molecule is COc1ccc(OCC(=O)Nc2ccc(C(C)C)cc2C(C)C)cc1. The lowest BCUT2D eigenvalue weighted by Crippen LogP contribution is -2.21. The number of rotatable bonds is 7. The van der Waals surface area contributed by atoms with Crippen LogP contribution in [0.25, 0.3) is 0 Å². The van der Waals surface area contributed by atoms with Gasteiger partial charge in [-0.25, -0.2) is 0 Å². The fourth-order valence-electron chi connectivity index (χ4n) is 2.54. The van der Waals surface area contributed by atoms with E-state index < -0.39 is 0 Å². The molecule has 0 saturated carbocycles. The number of methoxy groups -OCH3 is 1. The number of nitrogens with one attached hydrogen (secondary N) is 1. The van der Waals surface area contributed by atoms with E-state index in [0.29, 0.717) is 17.6 Å². The Morgan fingerprint density at radius 1 is 0.960 bits per heavy atom. The quantitative estimate of drug-likeness (QED) is 0.774. The molecule has 0 aliphatic rings. The molecule has 0 radical (unpaired) electrons. The molecule has 2 aromatic rings. The summed E-state index contributed by atoms with van der Waals surface area (Å²) in [5.41, 5.74) is 3.27. The summed E-state index contributed by atoms with van der Waals surface area (Å²) in [5.74, 6) is 2.01. The number of carbonyl (C=O) groups excluding carboxylic acids is 1. The zero-order valence-electron chi connectivity index (χ0n) is 15.6. The van der Waals surface area contributed by atoms with Crippen molar-refractivity contribution in [2.45, 2.75) is 39.5 Å². The smallest absolute Gasteiger partial charge is 0.262 e. The molecule has 0 atom stereocenters. The van der Waals surface area contributed by atoms with Crippen molar-refractivity contribution in [3.63, 3.8) is 0 Å². The van der Waals surface area contributed by atoms with Crippen molar-refractivity contribution in [3.05, 3.63) is 53.6 Å². The van der Waals surface area contributed by atoms with Gasteiger partial charge in [0.15, 0.2) is 6.61 Å². The van der Waals surface area contributed by atoms with Crippen molar-refractivity contribution in [1.82, 2.24) is 0 Å². The molecule has 0 aromatic heterocycles. The molecule has 0 fully saturated rings. The van der Waals surface area contributed by atoms with Gasteiger partial charge in [0.1, 0.15) is 11.5 Å². The van der Waals surface area contributed by atoms with Crippen LogP contribution < -0.4 is 14.8 Å². The van der Waals surface area contributed by atoms with E-state index in [0.717, 1.165) is 17.0 Å². The topological polar surface area (TPSA) is 47.6 Å². The summed E-state index contributed by atoms with van der Waals surface area (Å²) in [4.78, 5) is 12.2. The van der Waals surface area contributed by atoms with Gasteiger partial charge in [0.2, 0.25) is 0 Å². The average Bonchev–Trinajstić information content (AvgIpc) is 2.60. The molecule has 2 aromatic carbocycles. The summed E-state index contributed by atoms with van der Waals surface area (Å²) >= 11 is 0. The maximum Gasteiger partial charge on any atom is 0.262 e. The third-order valence-corrected chi connectivity index (χ3v) is 4.07. The predicted octanol–water partition coefficient (Wildman–Crippen LogP) is 4.96. The number of hydrogen-bond acceptors (Lipinski definition) is 3. The summed E-state index contributed by atoms with van der Waals surface area (Å²) < 4.78 is 10.6. The molecule has 0 unspecified atom stereocenters. The predicted molar refractivity (Wildman–Crippen MR) is 102 cm³/mol. The average molecular weight is 341 g/mol. The third kappa shape index (κ3) is 5.24. The lowest BCUT2D eigenvalue weighted by atomic mass is 9.94. The first kappa shape index (κ1) is 18.8. The Labute approximate surface area is 150 Å². The number of hydrogen-bond donors (Lipinski definition) is 1. The van der Waals surface area contributed by atoms with Crippen LogP contribution in [0.4, 0.5) is 5.69 Å². The minimum absolute atomic E-state index is 0.0319. The highest BCUT2D eigenvalue weighted by Gasteiger charge is 2.12. The van der Waals surface area contributed by atoms with E-state index in [2.05, 4.69) is 45.1 Å². The highest BCUT2D eigenvalue weighted by molar-refractivity contribution is 5.92. The molecule has 134 valence electrons. The number of anilines is 1. The van der Waals surface area contributed by atoms with Crippen molar-refractivity contribution in [2.75, 3.05) is 19.0 Å². The van der Waals surface area contributed by atoms with Crippen LogP contribution in [0.2, 0.25) is 0 Å². The molecule has 0 aliphatic heterocycles. The molecule has 0 saturated heterocycles. The standard InChI is InChI=1S/C21H27NO3/c1-14(2)16-6-11-20(19(12-16)15(3)4)22-21(23)13-25-18-9-7-17(24-5)8-10-18/h6-12,14-15H,13H2,1-5H3,(H,22,23). The normalized spacial score (nSPS) is 10.8. The molecule has 4 nitrogen and oxygen atoms in total. The summed E-state index contributed by atoms with van der Waals surface area (Å²) in [7, 11) is 1.61. The fourth-order valence-corrected chi connectivity index (χ4v) is 2.54. The van der Waals surface area contributed by atoms with E-state index in [9.17, 15) is 4.79 Å². The number of carbonyl (C=O) groups is 1. The molecule has 25 heavy (non-hydrogen) atoms. The Kier molecular flexibility index (Phi) is 6.45. The van der Waals surface area contributed by atoms with Crippen molar-refractivity contribution in [2.24, 2.45) is 0 Å². The van der Waals surface area contributed by atoms with E-state index >= 15 is 0 Å². The van der Waals surface area contributed by atoms with Crippen molar-refractivity contribution < 1.29 is 14.3 Å². The van der Waals surface area contributed by atoms with Gasteiger partial charge >= 0.3 is 0 Å². The van der Waals surface area contributed by atoms with Crippen LogP contribution in [0.3, 0.4) is 0 Å². The summed E-state index contributed by atoms with van der Waals surface area (Å²) in [6.45, 7) is 8.56. The van der Waals surface area contributed by atoms with Gasteiger partial charge in [0.25, 0.3) is 5.91 Å². The minimum atomic E-state index is -0.171. The highest BCUT2D eigenvalue weighted by Crippen LogP contribution is 2.28. The number of ether oxygens (including phenoxy) is 2. The van der Waals surface area contributed by atoms with Gasteiger partial charge in [-0.05, 0) is 53.3 Å². The lowest BCUT2D eigenvalue weighted by Gasteiger charge is -2.17. The van der Waals surface area contributed by atoms with Crippen LogP contribution in [-0.2, 0) is 4.79 Å². The second-order valence-electron chi connectivity index (χ2n) is 6.67. The van der Waals surface area contributed by atoms with Crippen LogP contribution in [-0.4, -0.2) is 19.6 Å². The molecule has 0 heterocycles. The molecule has 1 amide bonds.